The van der Waals surface area contributed by atoms with Crippen LogP contribution in [0.5, 0.6) is 0 Å². The number of hydrogen-bond acceptors (Lipinski definition) is 3. The van der Waals surface area contributed by atoms with E-state index >= 15 is 0 Å². The summed E-state index contributed by atoms with van der Waals surface area (Å²) in [6.45, 7) is 6.42. The predicted octanol–water partition coefficient (Wildman–Crippen LogP) is 3.14. The van der Waals surface area contributed by atoms with Gasteiger partial charge >= 0.3 is 0 Å². The molecular formula is C18H30FIN4O. The van der Waals surface area contributed by atoms with Crippen LogP contribution in [0.25, 0.3) is 0 Å². The number of halogens is 2. The number of anilines is 1. The Kier molecular flexibility index (Phi) is 10.8. The molecule has 0 unspecified atom stereocenters. The molecular weight excluding hydrogens is 434 g/mol. The first-order valence-electron chi connectivity index (χ1n) is 8.80. The Morgan fingerprint density at radius 1 is 1.24 bits per heavy atom. The van der Waals surface area contributed by atoms with Gasteiger partial charge in [-0.1, -0.05) is 25.8 Å². The van der Waals surface area contributed by atoms with E-state index in [0.717, 1.165) is 37.6 Å². The average molecular weight is 464 g/mol. The van der Waals surface area contributed by atoms with Crippen LogP contribution in [0.2, 0.25) is 0 Å². The highest BCUT2D eigenvalue weighted by atomic mass is 127. The van der Waals surface area contributed by atoms with Crippen LogP contribution in [0.15, 0.2) is 23.2 Å². The molecule has 2 rings (SSSR count). The SMILES string of the molecule is CCCCCNC(=NC)NCc1ccc(N2CCOCC2)c(F)c1.I. The lowest BCUT2D eigenvalue weighted by molar-refractivity contribution is 0.122. The minimum absolute atomic E-state index is 0. The molecule has 142 valence electrons. The van der Waals surface area contributed by atoms with Crippen molar-refractivity contribution in [2.45, 2.75) is 32.7 Å². The first-order valence-corrected chi connectivity index (χ1v) is 8.80. The minimum Gasteiger partial charge on any atom is -0.378 e. The number of rotatable bonds is 7. The third-order valence-corrected chi connectivity index (χ3v) is 4.12. The first-order chi connectivity index (χ1) is 11.7. The molecule has 7 heteroatoms. The molecule has 0 aliphatic carbocycles. The van der Waals surface area contributed by atoms with Crippen molar-refractivity contribution < 1.29 is 9.13 Å². The number of aliphatic imine (C=N–C) groups is 1. The van der Waals surface area contributed by atoms with E-state index in [-0.39, 0.29) is 29.8 Å². The number of unbranched alkanes of at least 4 members (excludes halogenated alkanes) is 2. The Balaban J connectivity index is 0.00000312. The van der Waals surface area contributed by atoms with Gasteiger partial charge < -0.3 is 20.3 Å². The fourth-order valence-electron chi connectivity index (χ4n) is 2.71. The number of hydrogen-bond donors (Lipinski definition) is 2. The summed E-state index contributed by atoms with van der Waals surface area (Å²) in [6.07, 6.45) is 3.53. The zero-order valence-corrected chi connectivity index (χ0v) is 17.5. The smallest absolute Gasteiger partial charge is 0.191 e. The second-order valence-electron chi connectivity index (χ2n) is 5.94. The van der Waals surface area contributed by atoms with Crippen LogP contribution in [0.4, 0.5) is 10.1 Å². The normalized spacial score (nSPS) is 14.8. The molecule has 25 heavy (non-hydrogen) atoms. The highest BCUT2D eigenvalue weighted by Gasteiger charge is 2.15. The van der Waals surface area contributed by atoms with Crippen molar-refractivity contribution in [3.8, 4) is 0 Å². The Hall–Kier alpha value is -1.09. The van der Waals surface area contributed by atoms with E-state index in [4.69, 9.17) is 4.74 Å². The standard InChI is InChI=1S/C18H29FN4O.HI/c1-3-4-5-8-21-18(20-2)22-14-15-6-7-17(16(19)13-15)23-9-11-24-12-10-23;/h6-7,13H,3-5,8-12,14H2,1-2H3,(H2,20,21,22);1H. The average Bonchev–Trinajstić information content (AvgIpc) is 2.62. The Bertz CT molecular complexity index is 536. The largest absolute Gasteiger partial charge is 0.378 e. The molecule has 0 bridgehead atoms. The molecule has 0 saturated carbocycles. The molecule has 1 saturated heterocycles. The van der Waals surface area contributed by atoms with Crippen LogP contribution in [-0.2, 0) is 11.3 Å². The fraction of sp³-hybridized carbons (Fsp3) is 0.611. The third-order valence-electron chi connectivity index (χ3n) is 4.12. The molecule has 1 aromatic rings. The summed E-state index contributed by atoms with van der Waals surface area (Å²) in [7, 11) is 1.75. The van der Waals surface area contributed by atoms with Crippen LogP contribution in [0.1, 0.15) is 31.7 Å². The van der Waals surface area contributed by atoms with E-state index in [2.05, 4.69) is 22.5 Å². The first kappa shape index (κ1) is 22.0. The van der Waals surface area contributed by atoms with Gasteiger partial charge in [-0.05, 0) is 24.1 Å². The lowest BCUT2D eigenvalue weighted by Crippen LogP contribution is -2.37. The Morgan fingerprint density at radius 3 is 2.64 bits per heavy atom. The Morgan fingerprint density at radius 2 is 2.00 bits per heavy atom. The molecule has 1 heterocycles. The third kappa shape index (κ3) is 7.35. The van der Waals surface area contributed by atoms with Crippen molar-refractivity contribution in [1.29, 1.82) is 0 Å². The Labute approximate surface area is 167 Å². The van der Waals surface area contributed by atoms with Gasteiger partial charge in [0.1, 0.15) is 5.82 Å². The van der Waals surface area contributed by atoms with Crippen LogP contribution in [0.3, 0.4) is 0 Å². The van der Waals surface area contributed by atoms with Gasteiger partial charge in [-0.25, -0.2) is 4.39 Å². The van der Waals surface area contributed by atoms with E-state index in [9.17, 15) is 4.39 Å². The molecule has 2 N–H and O–H groups in total. The van der Waals surface area contributed by atoms with Crippen molar-refractivity contribution in [1.82, 2.24) is 10.6 Å². The van der Waals surface area contributed by atoms with Gasteiger partial charge in [-0.15, -0.1) is 24.0 Å². The van der Waals surface area contributed by atoms with E-state index in [0.29, 0.717) is 25.4 Å². The molecule has 1 aliphatic heterocycles. The summed E-state index contributed by atoms with van der Waals surface area (Å²) >= 11 is 0. The quantitative estimate of drug-likeness (QED) is 0.282. The maximum atomic E-state index is 14.4. The topological polar surface area (TPSA) is 48.9 Å². The summed E-state index contributed by atoms with van der Waals surface area (Å²) in [4.78, 5) is 6.22. The molecule has 5 nitrogen and oxygen atoms in total. The van der Waals surface area contributed by atoms with Crippen LogP contribution in [0, 0.1) is 5.82 Å². The molecule has 1 fully saturated rings. The van der Waals surface area contributed by atoms with Gasteiger partial charge in [-0.2, -0.15) is 0 Å². The second kappa shape index (κ2) is 12.3. The van der Waals surface area contributed by atoms with Crippen LogP contribution < -0.4 is 15.5 Å². The number of nitrogens with zero attached hydrogens (tertiary/aromatic N) is 2. The van der Waals surface area contributed by atoms with Gasteiger partial charge in [0.15, 0.2) is 5.96 Å². The molecule has 0 atom stereocenters. The van der Waals surface area contributed by atoms with Crippen LogP contribution in [-0.4, -0.2) is 45.9 Å². The second-order valence-corrected chi connectivity index (χ2v) is 5.94. The number of benzene rings is 1. The lowest BCUT2D eigenvalue weighted by Gasteiger charge is -2.29. The maximum absolute atomic E-state index is 14.4. The zero-order valence-electron chi connectivity index (χ0n) is 15.2. The van der Waals surface area contributed by atoms with Crippen molar-refractivity contribution in [3.05, 3.63) is 29.6 Å². The van der Waals surface area contributed by atoms with Gasteiger partial charge in [0.25, 0.3) is 0 Å². The summed E-state index contributed by atoms with van der Waals surface area (Å²) in [6, 6.07) is 5.42. The van der Waals surface area contributed by atoms with Crippen molar-refractivity contribution in [2.75, 3.05) is 44.8 Å². The number of ether oxygens (including phenoxy) is 1. The summed E-state index contributed by atoms with van der Waals surface area (Å²) in [5.41, 5.74) is 1.56. The fourth-order valence-corrected chi connectivity index (χ4v) is 2.71. The number of morpholine rings is 1. The van der Waals surface area contributed by atoms with Crippen molar-refractivity contribution in [2.24, 2.45) is 4.99 Å². The van der Waals surface area contributed by atoms with E-state index in [1.165, 1.54) is 12.8 Å². The van der Waals surface area contributed by atoms with Crippen LogP contribution >= 0.6 is 24.0 Å². The van der Waals surface area contributed by atoms with Gasteiger partial charge in [0.05, 0.1) is 18.9 Å². The molecule has 0 aromatic heterocycles. The summed E-state index contributed by atoms with van der Waals surface area (Å²) in [5.74, 6) is 0.575. The number of nitrogens with one attached hydrogen (secondary N) is 2. The van der Waals surface area contributed by atoms with Gasteiger partial charge in [-0.3, -0.25) is 4.99 Å². The molecule has 1 aromatic carbocycles. The maximum Gasteiger partial charge on any atom is 0.191 e. The van der Waals surface area contributed by atoms with Crippen molar-refractivity contribution >= 4 is 35.6 Å². The predicted molar refractivity (Wildman–Crippen MR) is 113 cm³/mol. The molecule has 0 amide bonds. The highest BCUT2D eigenvalue weighted by molar-refractivity contribution is 14.0. The molecule has 1 aliphatic rings. The van der Waals surface area contributed by atoms with Crippen molar-refractivity contribution in [3.63, 3.8) is 0 Å². The summed E-state index contributed by atoms with van der Waals surface area (Å²) < 4.78 is 19.7. The molecule has 0 radical (unpaired) electrons. The minimum atomic E-state index is -0.179. The van der Waals surface area contributed by atoms with Gasteiger partial charge in [0.2, 0.25) is 0 Å². The lowest BCUT2D eigenvalue weighted by atomic mass is 10.1. The zero-order chi connectivity index (χ0) is 17.2. The number of guanidine groups is 1. The van der Waals surface area contributed by atoms with E-state index < -0.39 is 0 Å². The van der Waals surface area contributed by atoms with Gasteiger partial charge in [0, 0.05) is 33.2 Å². The highest BCUT2D eigenvalue weighted by Crippen LogP contribution is 2.21. The van der Waals surface area contributed by atoms with E-state index in [1.54, 1.807) is 13.1 Å². The molecule has 0 spiro atoms. The monoisotopic (exact) mass is 464 g/mol. The van der Waals surface area contributed by atoms with E-state index in [1.807, 2.05) is 17.0 Å². The summed E-state index contributed by atoms with van der Waals surface area (Å²) in [5, 5.41) is 6.50.